The Labute approximate surface area is 76.5 Å². The van der Waals surface area contributed by atoms with Crippen molar-refractivity contribution in [3.05, 3.63) is 11.2 Å². The van der Waals surface area contributed by atoms with E-state index in [0.717, 1.165) is 5.75 Å². The number of hydrogen-bond donors (Lipinski definition) is 1. The molecule has 0 aliphatic carbocycles. The largest absolute Gasteiger partial charge is 0.487 e. The third-order valence-corrected chi connectivity index (χ3v) is 2.08. The summed E-state index contributed by atoms with van der Waals surface area (Å²) in [6.07, 6.45) is 0. The lowest BCUT2D eigenvalue weighted by atomic mass is 10.4. The Hall–Kier alpha value is -0.640. The second kappa shape index (κ2) is 4.40. The molecule has 1 rings (SSSR count). The van der Waals surface area contributed by atoms with Crippen LogP contribution < -0.4 is 5.32 Å². The normalized spacial score (nSPS) is 16.8. The molecule has 1 aliphatic rings. The third kappa shape index (κ3) is 2.77. The highest BCUT2D eigenvalue weighted by molar-refractivity contribution is 8.02. The molecule has 1 heterocycles. The lowest BCUT2D eigenvalue weighted by Gasteiger charge is -2.15. The van der Waals surface area contributed by atoms with Crippen LogP contribution in [0.1, 0.15) is 13.8 Å². The van der Waals surface area contributed by atoms with E-state index in [9.17, 15) is 4.79 Å². The van der Waals surface area contributed by atoms with Gasteiger partial charge in [0.05, 0.1) is 6.61 Å². The fraction of sp³-hybridized carbons (Fsp3) is 0.625. The number of amides is 1. The summed E-state index contributed by atoms with van der Waals surface area (Å²) in [7, 11) is 0. The summed E-state index contributed by atoms with van der Waals surface area (Å²) in [6.45, 7) is 4.48. The van der Waals surface area contributed by atoms with Crippen LogP contribution in [0.2, 0.25) is 0 Å². The molecule has 0 bridgehead atoms. The van der Waals surface area contributed by atoms with Crippen LogP contribution in [0.3, 0.4) is 0 Å². The van der Waals surface area contributed by atoms with E-state index in [1.54, 1.807) is 17.2 Å². The number of nitrogens with one attached hydrogen (secondary N) is 1. The van der Waals surface area contributed by atoms with Gasteiger partial charge in [0, 0.05) is 17.2 Å². The number of carbonyl (C=O) groups excluding carboxylic acids is 1. The number of carbonyl (C=O) groups is 1. The fourth-order valence-corrected chi connectivity index (χ4v) is 1.44. The second-order valence-electron chi connectivity index (χ2n) is 2.83. The molecule has 4 heteroatoms. The van der Waals surface area contributed by atoms with E-state index in [2.05, 4.69) is 5.32 Å². The van der Waals surface area contributed by atoms with E-state index in [1.807, 2.05) is 13.8 Å². The van der Waals surface area contributed by atoms with Gasteiger partial charge in [0.2, 0.25) is 0 Å². The average Bonchev–Trinajstić information content (AvgIpc) is 2.05. The average molecular weight is 187 g/mol. The molecule has 1 amide bonds. The SMILES string of the molecule is CC(C)NC(=O)C1=CSCCO1. The van der Waals surface area contributed by atoms with Gasteiger partial charge in [0.15, 0.2) is 5.76 Å². The van der Waals surface area contributed by atoms with Crippen molar-refractivity contribution in [3.63, 3.8) is 0 Å². The van der Waals surface area contributed by atoms with E-state index in [0.29, 0.717) is 12.4 Å². The highest BCUT2D eigenvalue weighted by Gasteiger charge is 2.14. The fourth-order valence-electron chi connectivity index (χ4n) is 0.821. The lowest BCUT2D eigenvalue weighted by Crippen LogP contribution is -2.32. The minimum absolute atomic E-state index is 0.114. The van der Waals surface area contributed by atoms with Gasteiger partial charge in [-0.05, 0) is 13.8 Å². The van der Waals surface area contributed by atoms with Gasteiger partial charge >= 0.3 is 0 Å². The van der Waals surface area contributed by atoms with Gasteiger partial charge in [0.1, 0.15) is 0 Å². The smallest absolute Gasteiger partial charge is 0.287 e. The standard InChI is InChI=1S/C8H13NO2S/c1-6(2)9-8(10)7-5-12-4-3-11-7/h5-6H,3-4H2,1-2H3,(H,9,10). The van der Waals surface area contributed by atoms with E-state index in [4.69, 9.17) is 4.74 Å². The van der Waals surface area contributed by atoms with Gasteiger partial charge in [-0.2, -0.15) is 0 Å². The van der Waals surface area contributed by atoms with Crippen LogP contribution in [0.4, 0.5) is 0 Å². The van der Waals surface area contributed by atoms with Crippen molar-refractivity contribution < 1.29 is 9.53 Å². The maximum absolute atomic E-state index is 11.3. The summed E-state index contributed by atoms with van der Waals surface area (Å²) in [4.78, 5) is 11.3. The Balaban J connectivity index is 2.45. The Morgan fingerprint density at radius 1 is 1.75 bits per heavy atom. The molecule has 0 aromatic carbocycles. The molecular formula is C8H13NO2S. The van der Waals surface area contributed by atoms with Crippen LogP contribution >= 0.6 is 11.8 Å². The van der Waals surface area contributed by atoms with Crippen LogP contribution in [0.5, 0.6) is 0 Å². The van der Waals surface area contributed by atoms with Crippen LogP contribution in [-0.2, 0) is 9.53 Å². The molecular weight excluding hydrogens is 174 g/mol. The third-order valence-electron chi connectivity index (χ3n) is 1.29. The number of hydrogen-bond acceptors (Lipinski definition) is 3. The highest BCUT2D eigenvalue weighted by atomic mass is 32.2. The van der Waals surface area contributed by atoms with Crippen molar-refractivity contribution in [3.8, 4) is 0 Å². The number of ether oxygens (including phenoxy) is 1. The molecule has 0 aromatic rings. The van der Waals surface area contributed by atoms with Gasteiger partial charge in [-0.3, -0.25) is 4.79 Å². The Morgan fingerprint density at radius 2 is 2.50 bits per heavy atom. The molecule has 1 N–H and O–H groups in total. The Morgan fingerprint density at radius 3 is 3.00 bits per heavy atom. The van der Waals surface area contributed by atoms with Crippen molar-refractivity contribution in [2.75, 3.05) is 12.4 Å². The molecule has 12 heavy (non-hydrogen) atoms. The Kier molecular flexibility index (Phi) is 3.47. The summed E-state index contributed by atoms with van der Waals surface area (Å²) in [5.74, 6) is 1.26. The first-order chi connectivity index (χ1) is 5.70. The maximum Gasteiger partial charge on any atom is 0.287 e. The maximum atomic E-state index is 11.3. The zero-order chi connectivity index (χ0) is 8.97. The molecule has 0 radical (unpaired) electrons. The summed E-state index contributed by atoms with van der Waals surface area (Å²) in [5, 5.41) is 4.53. The highest BCUT2D eigenvalue weighted by Crippen LogP contribution is 2.14. The van der Waals surface area contributed by atoms with Crippen molar-refractivity contribution in [2.24, 2.45) is 0 Å². The van der Waals surface area contributed by atoms with Gasteiger partial charge in [0.25, 0.3) is 5.91 Å². The first-order valence-electron chi connectivity index (χ1n) is 3.95. The molecule has 0 fully saturated rings. The molecule has 1 aliphatic heterocycles. The van der Waals surface area contributed by atoms with E-state index in [1.165, 1.54) is 0 Å². The van der Waals surface area contributed by atoms with Gasteiger partial charge in [-0.1, -0.05) is 0 Å². The molecule has 0 saturated carbocycles. The summed E-state index contributed by atoms with van der Waals surface area (Å²) >= 11 is 1.61. The van der Waals surface area contributed by atoms with Gasteiger partial charge < -0.3 is 10.1 Å². The van der Waals surface area contributed by atoms with E-state index in [-0.39, 0.29) is 11.9 Å². The first kappa shape index (κ1) is 9.45. The molecule has 0 saturated heterocycles. The topological polar surface area (TPSA) is 38.3 Å². The van der Waals surface area contributed by atoms with Crippen molar-refractivity contribution in [2.45, 2.75) is 19.9 Å². The van der Waals surface area contributed by atoms with Crippen molar-refractivity contribution in [1.82, 2.24) is 5.32 Å². The van der Waals surface area contributed by atoms with Crippen LogP contribution in [0.25, 0.3) is 0 Å². The molecule has 0 unspecified atom stereocenters. The predicted molar refractivity (Wildman–Crippen MR) is 49.8 cm³/mol. The molecule has 3 nitrogen and oxygen atoms in total. The zero-order valence-electron chi connectivity index (χ0n) is 7.29. The van der Waals surface area contributed by atoms with Crippen LogP contribution in [0.15, 0.2) is 11.2 Å². The zero-order valence-corrected chi connectivity index (χ0v) is 8.11. The number of rotatable bonds is 2. The molecule has 0 spiro atoms. The van der Waals surface area contributed by atoms with Crippen molar-refractivity contribution in [1.29, 1.82) is 0 Å². The van der Waals surface area contributed by atoms with E-state index < -0.39 is 0 Å². The summed E-state index contributed by atoms with van der Waals surface area (Å²) < 4.78 is 5.17. The lowest BCUT2D eigenvalue weighted by molar-refractivity contribution is -0.121. The van der Waals surface area contributed by atoms with Gasteiger partial charge in [-0.15, -0.1) is 11.8 Å². The minimum atomic E-state index is -0.114. The second-order valence-corrected chi connectivity index (χ2v) is 3.81. The van der Waals surface area contributed by atoms with Gasteiger partial charge in [-0.25, -0.2) is 0 Å². The molecule has 0 aromatic heterocycles. The monoisotopic (exact) mass is 187 g/mol. The summed E-state index contributed by atoms with van der Waals surface area (Å²) in [5.41, 5.74) is 0. The summed E-state index contributed by atoms with van der Waals surface area (Å²) in [6, 6.07) is 0.161. The minimum Gasteiger partial charge on any atom is -0.487 e. The first-order valence-corrected chi connectivity index (χ1v) is 5.00. The number of thioether (sulfide) groups is 1. The molecule has 68 valence electrons. The molecule has 0 atom stereocenters. The van der Waals surface area contributed by atoms with Crippen LogP contribution in [-0.4, -0.2) is 24.3 Å². The van der Waals surface area contributed by atoms with Crippen molar-refractivity contribution >= 4 is 17.7 Å². The van der Waals surface area contributed by atoms with Crippen LogP contribution in [0, 0.1) is 0 Å². The quantitative estimate of drug-likeness (QED) is 0.704. The predicted octanol–water partition coefficient (Wildman–Crippen LogP) is 1.12. The van der Waals surface area contributed by atoms with E-state index >= 15 is 0 Å². The Bertz CT molecular complexity index is 201.